The first-order chi connectivity index (χ1) is 17.5. The van der Waals surface area contributed by atoms with Crippen molar-refractivity contribution in [2.45, 2.75) is 16.7 Å². The standard InChI is InChI=1S/C24H20ClN5O5S2/c1-16-13-14-26-24(27-16)30-37(34,35)20-10-7-17(8-11-20)28-23(31)21-12-9-18(15-22(21)25)29-36(32,33)19-5-3-2-4-6-19/h2-15,29H,1H3,(H,28,31)(H,26,27,30). The first-order valence-electron chi connectivity index (χ1n) is 10.6. The average Bonchev–Trinajstić information content (AvgIpc) is 2.84. The van der Waals surface area contributed by atoms with Crippen LogP contribution in [0.15, 0.2) is 94.9 Å². The smallest absolute Gasteiger partial charge is 0.264 e. The van der Waals surface area contributed by atoms with E-state index in [0.717, 1.165) is 0 Å². The van der Waals surface area contributed by atoms with Crippen LogP contribution in [-0.2, 0) is 20.0 Å². The second-order valence-corrected chi connectivity index (χ2v) is 11.5. The molecule has 4 rings (SSSR count). The van der Waals surface area contributed by atoms with E-state index in [-0.39, 0.29) is 32.0 Å². The maximum atomic E-state index is 12.7. The van der Waals surface area contributed by atoms with E-state index < -0.39 is 26.0 Å². The maximum Gasteiger partial charge on any atom is 0.264 e. The molecule has 0 radical (unpaired) electrons. The second-order valence-electron chi connectivity index (χ2n) is 7.72. The molecule has 13 heteroatoms. The lowest BCUT2D eigenvalue weighted by atomic mass is 10.2. The normalized spacial score (nSPS) is 11.5. The fourth-order valence-corrected chi connectivity index (χ4v) is 5.46. The van der Waals surface area contributed by atoms with E-state index in [2.05, 4.69) is 24.7 Å². The Bertz CT molecular complexity index is 1660. The highest BCUT2D eigenvalue weighted by molar-refractivity contribution is 7.93. The summed E-state index contributed by atoms with van der Waals surface area (Å²) in [6, 6.07) is 19.0. The van der Waals surface area contributed by atoms with Crippen LogP contribution >= 0.6 is 11.6 Å². The maximum absolute atomic E-state index is 12.7. The Morgan fingerprint density at radius 2 is 1.41 bits per heavy atom. The van der Waals surface area contributed by atoms with E-state index in [0.29, 0.717) is 11.4 Å². The van der Waals surface area contributed by atoms with E-state index in [1.807, 2.05) is 0 Å². The summed E-state index contributed by atoms with van der Waals surface area (Å²) in [7, 11) is -7.76. The molecule has 3 N–H and O–H groups in total. The van der Waals surface area contributed by atoms with Crippen molar-refractivity contribution in [3.05, 3.63) is 101 Å². The van der Waals surface area contributed by atoms with Gasteiger partial charge in [-0.15, -0.1) is 0 Å². The van der Waals surface area contributed by atoms with E-state index in [1.165, 1.54) is 60.8 Å². The third-order valence-corrected chi connectivity index (χ3v) is 8.02. The Balaban J connectivity index is 1.44. The number of nitrogens with one attached hydrogen (secondary N) is 3. The van der Waals surface area contributed by atoms with Gasteiger partial charge in [0, 0.05) is 17.6 Å². The Morgan fingerprint density at radius 3 is 2.05 bits per heavy atom. The van der Waals surface area contributed by atoms with Gasteiger partial charge in [-0.1, -0.05) is 29.8 Å². The number of amides is 1. The van der Waals surface area contributed by atoms with Crippen molar-refractivity contribution in [2.24, 2.45) is 0 Å². The molecule has 0 fully saturated rings. The Morgan fingerprint density at radius 1 is 0.784 bits per heavy atom. The fourth-order valence-electron chi connectivity index (χ4n) is 3.17. The van der Waals surface area contributed by atoms with Crippen LogP contribution in [0.2, 0.25) is 5.02 Å². The van der Waals surface area contributed by atoms with Crippen LogP contribution in [0.5, 0.6) is 0 Å². The molecule has 0 unspecified atom stereocenters. The van der Waals surface area contributed by atoms with Crippen LogP contribution < -0.4 is 14.8 Å². The number of sulfonamides is 2. The fraction of sp³-hybridized carbons (Fsp3) is 0.0417. The highest BCUT2D eigenvalue weighted by Crippen LogP contribution is 2.25. The molecule has 0 aliphatic carbocycles. The predicted octanol–water partition coefficient (Wildman–Crippen LogP) is 4.29. The molecule has 4 aromatic rings. The van der Waals surface area contributed by atoms with E-state index in [4.69, 9.17) is 11.6 Å². The topological polar surface area (TPSA) is 147 Å². The number of carbonyl (C=O) groups is 1. The van der Waals surface area contributed by atoms with Crippen molar-refractivity contribution in [3.8, 4) is 0 Å². The lowest BCUT2D eigenvalue weighted by Crippen LogP contribution is -2.16. The lowest BCUT2D eigenvalue weighted by Gasteiger charge is -2.11. The predicted molar refractivity (Wildman–Crippen MR) is 141 cm³/mol. The van der Waals surface area contributed by atoms with Gasteiger partial charge in [-0.25, -0.2) is 31.5 Å². The molecule has 0 bridgehead atoms. The van der Waals surface area contributed by atoms with E-state index in [9.17, 15) is 21.6 Å². The molecular weight excluding hydrogens is 538 g/mol. The summed E-state index contributed by atoms with van der Waals surface area (Å²) in [4.78, 5) is 20.7. The van der Waals surface area contributed by atoms with E-state index in [1.54, 1.807) is 31.2 Å². The van der Waals surface area contributed by atoms with Crippen LogP contribution in [0.4, 0.5) is 17.3 Å². The van der Waals surface area contributed by atoms with Gasteiger partial charge in [0.25, 0.3) is 26.0 Å². The molecule has 0 saturated carbocycles. The first kappa shape index (κ1) is 26.1. The van der Waals surface area contributed by atoms with Crippen molar-refractivity contribution in [2.75, 3.05) is 14.8 Å². The zero-order chi connectivity index (χ0) is 26.6. The van der Waals surface area contributed by atoms with Crippen molar-refractivity contribution < 1.29 is 21.6 Å². The van der Waals surface area contributed by atoms with Crippen LogP contribution in [0, 0.1) is 6.92 Å². The van der Waals surface area contributed by atoms with E-state index >= 15 is 0 Å². The van der Waals surface area contributed by atoms with Gasteiger partial charge in [-0.3, -0.25) is 9.52 Å². The van der Waals surface area contributed by atoms with Crippen molar-refractivity contribution >= 4 is 54.9 Å². The molecule has 0 atom stereocenters. The Hall–Kier alpha value is -4.00. The minimum atomic E-state index is -3.94. The highest BCUT2D eigenvalue weighted by atomic mass is 35.5. The summed E-state index contributed by atoms with van der Waals surface area (Å²) < 4.78 is 54.9. The number of benzene rings is 3. The van der Waals surface area contributed by atoms with Gasteiger partial charge in [0.2, 0.25) is 5.95 Å². The zero-order valence-electron chi connectivity index (χ0n) is 19.2. The summed E-state index contributed by atoms with van der Waals surface area (Å²) in [6.45, 7) is 1.71. The summed E-state index contributed by atoms with van der Waals surface area (Å²) in [5, 5.41) is 2.65. The average molecular weight is 558 g/mol. The summed E-state index contributed by atoms with van der Waals surface area (Å²) >= 11 is 6.24. The van der Waals surface area contributed by atoms with Gasteiger partial charge in [0.05, 0.1) is 26.1 Å². The minimum Gasteiger partial charge on any atom is -0.322 e. The van der Waals surface area contributed by atoms with Crippen LogP contribution in [0.1, 0.15) is 16.1 Å². The molecule has 1 aromatic heterocycles. The van der Waals surface area contributed by atoms with Crippen LogP contribution in [0.3, 0.4) is 0 Å². The molecule has 3 aromatic carbocycles. The lowest BCUT2D eigenvalue weighted by molar-refractivity contribution is 0.102. The minimum absolute atomic E-state index is 0.0207. The third kappa shape index (κ3) is 6.42. The number of nitrogens with zero attached hydrogens (tertiary/aromatic N) is 2. The monoisotopic (exact) mass is 557 g/mol. The van der Waals surface area contributed by atoms with Crippen LogP contribution in [-0.4, -0.2) is 32.7 Å². The highest BCUT2D eigenvalue weighted by Gasteiger charge is 2.18. The molecule has 190 valence electrons. The number of hydrogen-bond acceptors (Lipinski definition) is 7. The SMILES string of the molecule is Cc1ccnc(NS(=O)(=O)c2ccc(NC(=O)c3ccc(NS(=O)(=O)c4ccccc4)cc3Cl)cc2)n1. The number of halogens is 1. The van der Waals surface area contributed by atoms with Gasteiger partial charge in [-0.05, 0) is 67.6 Å². The van der Waals surface area contributed by atoms with Gasteiger partial charge in [0.1, 0.15) is 0 Å². The molecule has 0 aliphatic heterocycles. The number of aryl methyl sites for hydroxylation is 1. The third-order valence-electron chi connectivity index (χ3n) is 4.96. The number of carbonyl (C=O) groups excluding carboxylic acids is 1. The Kier molecular flexibility index (Phi) is 7.43. The molecule has 10 nitrogen and oxygen atoms in total. The first-order valence-corrected chi connectivity index (χ1v) is 14.0. The van der Waals surface area contributed by atoms with Gasteiger partial charge >= 0.3 is 0 Å². The summed E-state index contributed by atoms with van der Waals surface area (Å²) in [5.41, 5.74) is 1.20. The van der Waals surface area contributed by atoms with Gasteiger partial charge < -0.3 is 5.32 Å². The summed E-state index contributed by atoms with van der Waals surface area (Å²) in [6.07, 6.45) is 1.44. The van der Waals surface area contributed by atoms with Crippen molar-refractivity contribution in [1.29, 1.82) is 0 Å². The quantitative estimate of drug-likeness (QED) is 0.293. The van der Waals surface area contributed by atoms with Gasteiger partial charge in [-0.2, -0.15) is 0 Å². The molecule has 1 heterocycles. The number of aromatic nitrogens is 2. The summed E-state index contributed by atoms with van der Waals surface area (Å²) in [5.74, 6) is -0.620. The second kappa shape index (κ2) is 10.5. The van der Waals surface area contributed by atoms with Gasteiger partial charge in [0.15, 0.2) is 0 Å². The van der Waals surface area contributed by atoms with Crippen LogP contribution in [0.25, 0.3) is 0 Å². The van der Waals surface area contributed by atoms with Crippen molar-refractivity contribution in [1.82, 2.24) is 9.97 Å². The number of rotatable bonds is 8. The molecular formula is C24H20ClN5O5S2. The Labute approximate surface area is 218 Å². The number of anilines is 3. The number of hydrogen-bond donors (Lipinski definition) is 3. The van der Waals surface area contributed by atoms with Crippen molar-refractivity contribution in [3.63, 3.8) is 0 Å². The molecule has 0 aliphatic rings. The largest absolute Gasteiger partial charge is 0.322 e. The molecule has 1 amide bonds. The molecule has 37 heavy (non-hydrogen) atoms. The molecule has 0 spiro atoms. The molecule has 0 saturated heterocycles. The zero-order valence-corrected chi connectivity index (χ0v) is 21.6.